The summed E-state index contributed by atoms with van der Waals surface area (Å²) in [5.41, 5.74) is 0.706. The van der Waals surface area contributed by atoms with Crippen LogP contribution in [-0.4, -0.2) is 38.9 Å². The largest absolute Gasteiger partial charge is 0.411 e. The number of aromatic nitrogens is 3. The molecule has 2 heterocycles. The van der Waals surface area contributed by atoms with Gasteiger partial charge in [-0.05, 0) is 30.9 Å². The van der Waals surface area contributed by atoms with Crippen molar-refractivity contribution in [2.45, 2.75) is 43.9 Å². The summed E-state index contributed by atoms with van der Waals surface area (Å²) in [6, 6.07) is 3.25. The minimum absolute atomic E-state index is 0.0162. The number of nitrogens with one attached hydrogen (secondary N) is 2. The monoisotopic (exact) mass is 375 g/mol. The second-order valence-electron chi connectivity index (χ2n) is 6.29. The quantitative estimate of drug-likeness (QED) is 0.773. The zero-order valence-corrected chi connectivity index (χ0v) is 15.3. The van der Waals surface area contributed by atoms with Crippen molar-refractivity contribution >= 4 is 23.7 Å². The van der Waals surface area contributed by atoms with E-state index in [1.54, 1.807) is 24.5 Å². The van der Waals surface area contributed by atoms with Gasteiger partial charge >= 0.3 is 6.03 Å². The van der Waals surface area contributed by atoms with Gasteiger partial charge in [-0.25, -0.2) is 4.79 Å². The van der Waals surface area contributed by atoms with Crippen LogP contribution in [0, 0.1) is 5.92 Å². The van der Waals surface area contributed by atoms with Crippen LogP contribution >= 0.6 is 11.8 Å². The van der Waals surface area contributed by atoms with Gasteiger partial charge in [-0.15, -0.1) is 10.2 Å². The van der Waals surface area contributed by atoms with Crippen LogP contribution in [0.15, 0.2) is 34.2 Å². The fourth-order valence-corrected chi connectivity index (χ4v) is 3.46. The SMILES string of the molecule is C[C@H]1CCCC[C@H]1NC(=O)NC(=O)CSc1nnc(-c2cccnc2)o1. The molecule has 0 unspecified atom stereocenters. The number of pyridine rings is 1. The zero-order valence-electron chi connectivity index (χ0n) is 14.5. The minimum Gasteiger partial charge on any atom is -0.411 e. The van der Waals surface area contributed by atoms with Crippen LogP contribution < -0.4 is 10.6 Å². The van der Waals surface area contributed by atoms with E-state index in [1.165, 1.54) is 6.42 Å². The van der Waals surface area contributed by atoms with E-state index < -0.39 is 11.9 Å². The fourth-order valence-electron chi connectivity index (χ4n) is 2.90. The Morgan fingerprint density at radius 3 is 2.92 bits per heavy atom. The highest BCUT2D eigenvalue weighted by molar-refractivity contribution is 7.99. The second-order valence-corrected chi connectivity index (χ2v) is 7.22. The molecule has 0 saturated heterocycles. The van der Waals surface area contributed by atoms with E-state index in [4.69, 9.17) is 4.42 Å². The third kappa shape index (κ3) is 5.04. The van der Waals surface area contributed by atoms with E-state index in [-0.39, 0.29) is 17.0 Å². The van der Waals surface area contributed by atoms with Gasteiger partial charge in [-0.2, -0.15) is 0 Å². The first-order valence-corrected chi connectivity index (χ1v) is 9.57. The number of hydrogen-bond acceptors (Lipinski definition) is 7. The normalized spacial score (nSPS) is 19.7. The van der Waals surface area contributed by atoms with Crippen molar-refractivity contribution in [3.63, 3.8) is 0 Å². The van der Waals surface area contributed by atoms with E-state index >= 15 is 0 Å². The number of nitrogens with zero attached hydrogens (tertiary/aromatic N) is 3. The van der Waals surface area contributed by atoms with Gasteiger partial charge in [-0.1, -0.05) is 31.5 Å². The lowest BCUT2D eigenvalue weighted by molar-refractivity contribution is -0.117. The van der Waals surface area contributed by atoms with E-state index in [0.29, 0.717) is 17.4 Å². The molecular weight excluding hydrogens is 354 g/mol. The Hall–Kier alpha value is -2.42. The summed E-state index contributed by atoms with van der Waals surface area (Å²) < 4.78 is 5.48. The molecule has 26 heavy (non-hydrogen) atoms. The Labute approximate surface area is 155 Å². The molecule has 2 aromatic rings. The van der Waals surface area contributed by atoms with Crippen molar-refractivity contribution < 1.29 is 14.0 Å². The number of hydrogen-bond donors (Lipinski definition) is 2. The van der Waals surface area contributed by atoms with Gasteiger partial charge in [0.2, 0.25) is 11.8 Å². The Morgan fingerprint density at radius 1 is 1.31 bits per heavy atom. The Bertz CT molecular complexity index is 752. The molecule has 0 radical (unpaired) electrons. The molecule has 1 saturated carbocycles. The fraction of sp³-hybridized carbons (Fsp3) is 0.471. The molecule has 0 spiro atoms. The first-order chi connectivity index (χ1) is 12.6. The highest BCUT2D eigenvalue weighted by Gasteiger charge is 2.23. The average Bonchev–Trinajstić information content (AvgIpc) is 3.12. The molecule has 1 aliphatic rings. The molecule has 3 rings (SSSR count). The Kier molecular flexibility index (Phi) is 6.21. The van der Waals surface area contributed by atoms with Gasteiger partial charge in [-0.3, -0.25) is 15.1 Å². The van der Waals surface area contributed by atoms with Crippen molar-refractivity contribution in [1.29, 1.82) is 0 Å². The molecule has 2 aromatic heterocycles. The lowest BCUT2D eigenvalue weighted by atomic mass is 9.86. The van der Waals surface area contributed by atoms with Crippen LogP contribution in [0.25, 0.3) is 11.5 Å². The lowest BCUT2D eigenvalue weighted by Gasteiger charge is -2.29. The van der Waals surface area contributed by atoms with Crippen LogP contribution in [-0.2, 0) is 4.79 Å². The summed E-state index contributed by atoms with van der Waals surface area (Å²) in [6.45, 7) is 2.12. The molecule has 0 aliphatic heterocycles. The summed E-state index contributed by atoms with van der Waals surface area (Å²) >= 11 is 1.08. The van der Waals surface area contributed by atoms with Crippen LogP contribution in [0.3, 0.4) is 0 Å². The van der Waals surface area contributed by atoms with Crippen LogP contribution in [0.5, 0.6) is 0 Å². The lowest BCUT2D eigenvalue weighted by Crippen LogP contribution is -2.48. The summed E-state index contributed by atoms with van der Waals surface area (Å²) in [5, 5.41) is 13.3. The number of carbonyl (C=O) groups excluding carboxylic acids is 2. The maximum absolute atomic E-state index is 12.0. The van der Waals surface area contributed by atoms with Crippen molar-refractivity contribution in [1.82, 2.24) is 25.8 Å². The third-order valence-corrected chi connectivity index (χ3v) is 5.14. The van der Waals surface area contributed by atoms with E-state index in [1.807, 2.05) is 0 Å². The minimum atomic E-state index is -0.448. The first-order valence-electron chi connectivity index (χ1n) is 8.59. The maximum Gasteiger partial charge on any atom is 0.321 e. The van der Waals surface area contributed by atoms with Crippen molar-refractivity contribution in [3.05, 3.63) is 24.5 Å². The number of thioether (sulfide) groups is 1. The maximum atomic E-state index is 12.0. The molecule has 2 atom stereocenters. The van der Waals surface area contributed by atoms with Gasteiger partial charge in [0.15, 0.2) is 0 Å². The smallest absolute Gasteiger partial charge is 0.321 e. The summed E-state index contributed by atoms with van der Waals surface area (Å²) in [7, 11) is 0. The molecule has 1 aliphatic carbocycles. The highest BCUT2D eigenvalue weighted by Crippen LogP contribution is 2.24. The predicted molar refractivity (Wildman–Crippen MR) is 96.3 cm³/mol. The third-order valence-electron chi connectivity index (χ3n) is 4.32. The van der Waals surface area contributed by atoms with Crippen molar-refractivity contribution in [2.24, 2.45) is 5.92 Å². The van der Waals surface area contributed by atoms with Gasteiger partial charge in [0, 0.05) is 18.4 Å². The van der Waals surface area contributed by atoms with Gasteiger partial charge in [0.1, 0.15) is 0 Å². The summed E-state index contributed by atoms with van der Waals surface area (Å²) in [6.07, 6.45) is 7.63. The molecule has 3 amide bonds. The summed E-state index contributed by atoms with van der Waals surface area (Å²) in [4.78, 5) is 27.9. The number of carbonyl (C=O) groups is 2. The Morgan fingerprint density at radius 2 is 2.15 bits per heavy atom. The second kappa shape index (κ2) is 8.79. The van der Waals surface area contributed by atoms with Crippen molar-refractivity contribution in [3.8, 4) is 11.5 Å². The molecular formula is C17H21N5O3S. The van der Waals surface area contributed by atoms with Gasteiger partial charge in [0.25, 0.3) is 5.22 Å². The first kappa shape index (κ1) is 18.4. The number of rotatable bonds is 5. The number of amides is 3. The standard InChI is InChI=1S/C17H21N5O3S/c1-11-5-2-3-7-13(11)19-16(24)20-14(23)10-26-17-22-21-15(25-17)12-6-4-8-18-9-12/h4,6,8-9,11,13H,2-3,5,7,10H2,1H3,(H2,19,20,23,24)/t11-,13+/m0/s1. The summed E-state index contributed by atoms with van der Waals surface area (Å²) in [5.74, 6) is 0.382. The predicted octanol–water partition coefficient (Wildman–Crippen LogP) is 2.63. The number of urea groups is 1. The zero-order chi connectivity index (χ0) is 18.4. The molecule has 0 bridgehead atoms. The van der Waals surface area contributed by atoms with Crippen LogP contribution in [0.4, 0.5) is 4.79 Å². The topological polar surface area (TPSA) is 110 Å². The molecule has 0 aromatic carbocycles. The molecule has 9 heteroatoms. The molecule has 1 fully saturated rings. The van der Waals surface area contributed by atoms with Crippen LogP contribution in [0.1, 0.15) is 32.6 Å². The van der Waals surface area contributed by atoms with Crippen molar-refractivity contribution in [2.75, 3.05) is 5.75 Å². The van der Waals surface area contributed by atoms with Crippen LogP contribution in [0.2, 0.25) is 0 Å². The number of imide groups is 1. The van der Waals surface area contributed by atoms with Gasteiger partial charge in [0.05, 0.1) is 11.3 Å². The average molecular weight is 375 g/mol. The van der Waals surface area contributed by atoms with E-state index in [0.717, 1.165) is 31.0 Å². The Balaban J connectivity index is 1.44. The van der Waals surface area contributed by atoms with E-state index in [9.17, 15) is 9.59 Å². The molecule has 138 valence electrons. The highest BCUT2D eigenvalue weighted by atomic mass is 32.2. The molecule has 2 N–H and O–H groups in total. The molecule has 8 nitrogen and oxygen atoms in total. The van der Waals surface area contributed by atoms with Gasteiger partial charge < -0.3 is 9.73 Å². The van der Waals surface area contributed by atoms with E-state index in [2.05, 4.69) is 32.7 Å².